The van der Waals surface area contributed by atoms with Gasteiger partial charge >= 0.3 is 5.97 Å². The van der Waals surface area contributed by atoms with E-state index in [2.05, 4.69) is 0 Å². The number of rotatable bonds is 6. The molecule has 1 N–H and O–H groups in total. The van der Waals surface area contributed by atoms with E-state index in [4.69, 9.17) is 14.6 Å². The zero-order valence-electron chi connectivity index (χ0n) is 15.6. The number of nitrogens with zero attached hydrogens (tertiary/aromatic N) is 1. The number of amides is 1. The van der Waals surface area contributed by atoms with E-state index in [0.717, 1.165) is 21.8 Å². The molecule has 0 aliphatic carbocycles. The van der Waals surface area contributed by atoms with Crippen molar-refractivity contribution in [3.8, 4) is 16.9 Å². The van der Waals surface area contributed by atoms with E-state index in [-0.39, 0.29) is 24.5 Å². The van der Waals surface area contributed by atoms with Crippen molar-refractivity contribution in [2.24, 2.45) is 0 Å². The van der Waals surface area contributed by atoms with E-state index in [0.29, 0.717) is 17.8 Å². The molecule has 2 aromatic rings. The van der Waals surface area contributed by atoms with E-state index in [1.165, 1.54) is 11.3 Å². The second-order valence-corrected chi connectivity index (χ2v) is 7.87. The monoisotopic (exact) mass is 389 g/mol. The van der Waals surface area contributed by atoms with Gasteiger partial charge in [0, 0.05) is 24.6 Å². The van der Waals surface area contributed by atoms with Crippen molar-refractivity contribution in [3.05, 3.63) is 40.1 Å². The average Bonchev–Trinajstić information content (AvgIpc) is 3.24. The molecule has 6 nitrogen and oxygen atoms in total. The van der Waals surface area contributed by atoms with E-state index in [1.807, 2.05) is 37.3 Å². The molecule has 1 aromatic carbocycles. The number of hydrogen-bond donors (Lipinski definition) is 1. The van der Waals surface area contributed by atoms with E-state index < -0.39 is 5.97 Å². The van der Waals surface area contributed by atoms with Crippen molar-refractivity contribution in [2.75, 3.05) is 20.8 Å². The van der Waals surface area contributed by atoms with Gasteiger partial charge in [-0.3, -0.25) is 9.59 Å². The Morgan fingerprint density at radius 1 is 1.26 bits per heavy atom. The number of likely N-dealkylation sites (tertiary alicyclic amines) is 1. The van der Waals surface area contributed by atoms with Gasteiger partial charge < -0.3 is 19.5 Å². The lowest BCUT2D eigenvalue weighted by Crippen LogP contribution is -2.36. The molecule has 1 amide bonds. The summed E-state index contributed by atoms with van der Waals surface area (Å²) in [5.41, 5.74) is 2.02. The molecule has 0 spiro atoms. The highest BCUT2D eigenvalue weighted by Gasteiger charge is 2.37. The zero-order valence-corrected chi connectivity index (χ0v) is 16.4. The van der Waals surface area contributed by atoms with Crippen molar-refractivity contribution in [1.82, 2.24) is 4.90 Å². The molecule has 1 fully saturated rings. The molecular weight excluding hydrogens is 366 g/mol. The van der Waals surface area contributed by atoms with Gasteiger partial charge in [-0.05, 0) is 42.7 Å². The molecule has 1 aromatic heterocycles. The lowest BCUT2D eigenvalue weighted by Gasteiger charge is -2.22. The summed E-state index contributed by atoms with van der Waals surface area (Å²) in [5, 5.41) is 9.16. The lowest BCUT2D eigenvalue weighted by molar-refractivity contribution is -0.137. The van der Waals surface area contributed by atoms with E-state index >= 15 is 0 Å². The van der Waals surface area contributed by atoms with Gasteiger partial charge in [0.25, 0.3) is 5.91 Å². The molecule has 27 heavy (non-hydrogen) atoms. The van der Waals surface area contributed by atoms with Crippen LogP contribution in [0.2, 0.25) is 0 Å². The number of aliphatic carboxylic acids is 1. The average molecular weight is 389 g/mol. The summed E-state index contributed by atoms with van der Waals surface area (Å²) in [4.78, 5) is 27.5. The number of carbonyl (C=O) groups is 2. The SMILES string of the molecule is COc1ccc(-c2cc(C(=O)N3CC(OC)CC3CC(=O)O)sc2C)cc1. The molecule has 144 valence electrons. The maximum atomic E-state index is 13.1. The van der Waals surface area contributed by atoms with Crippen LogP contribution in [-0.4, -0.2) is 54.8 Å². The molecular formula is C20H23NO5S. The summed E-state index contributed by atoms with van der Waals surface area (Å²) in [5.74, 6) is -0.258. The predicted molar refractivity (Wildman–Crippen MR) is 104 cm³/mol. The summed E-state index contributed by atoms with van der Waals surface area (Å²) in [6, 6.07) is 9.26. The Morgan fingerprint density at radius 2 is 1.96 bits per heavy atom. The maximum Gasteiger partial charge on any atom is 0.305 e. The first-order valence-corrected chi connectivity index (χ1v) is 9.55. The highest BCUT2D eigenvalue weighted by Crippen LogP contribution is 2.34. The van der Waals surface area contributed by atoms with Gasteiger partial charge in [-0.25, -0.2) is 0 Å². The van der Waals surface area contributed by atoms with Crippen molar-refractivity contribution in [3.63, 3.8) is 0 Å². The number of methoxy groups -OCH3 is 2. The number of benzene rings is 1. The Balaban J connectivity index is 1.85. The first-order valence-electron chi connectivity index (χ1n) is 8.73. The number of aryl methyl sites for hydroxylation is 1. The van der Waals surface area contributed by atoms with Crippen LogP contribution >= 0.6 is 11.3 Å². The normalized spacial score (nSPS) is 19.3. The highest BCUT2D eigenvalue weighted by molar-refractivity contribution is 7.14. The minimum Gasteiger partial charge on any atom is -0.497 e. The summed E-state index contributed by atoms with van der Waals surface area (Å²) in [6.45, 7) is 2.40. The minimum atomic E-state index is -0.907. The number of thiophene rings is 1. The fourth-order valence-corrected chi connectivity index (χ4v) is 4.47. The Kier molecular flexibility index (Phi) is 5.82. The van der Waals surface area contributed by atoms with Gasteiger partial charge in [0.05, 0.1) is 24.5 Å². The molecule has 0 bridgehead atoms. The van der Waals surface area contributed by atoms with Gasteiger partial charge in [0.2, 0.25) is 0 Å². The second kappa shape index (κ2) is 8.10. The number of carboxylic acid groups (broad SMARTS) is 1. The Bertz CT molecular complexity index is 829. The van der Waals surface area contributed by atoms with Crippen LogP contribution in [0.4, 0.5) is 0 Å². The largest absolute Gasteiger partial charge is 0.497 e. The number of carboxylic acids is 1. The third kappa shape index (κ3) is 4.14. The molecule has 2 heterocycles. The molecule has 0 saturated carbocycles. The molecule has 1 aliphatic rings. The molecule has 2 unspecified atom stereocenters. The first-order chi connectivity index (χ1) is 12.9. The summed E-state index contributed by atoms with van der Waals surface area (Å²) in [6.07, 6.45) is 0.353. The number of carbonyl (C=O) groups excluding carboxylic acids is 1. The maximum absolute atomic E-state index is 13.1. The van der Waals surface area contributed by atoms with Crippen molar-refractivity contribution < 1.29 is 24.2 Å². The lowest BCUT2D eigenvalue weighted by atomic mass is 10.1. The van der Waals surface area contributed by atoms with Crippen LogP contribution in [0.15, 0.2) is 30.3 Å². The van der Waals surface area contributed by atoms with Crippen molar-refractivity contribution in [2.45, 2.75) is 31.9 Å². The fourth-order valence-electron chi connectivity index (χ4n) is 3.47. The van der Waals surface area contributed by atoms with Crippen LogP contribution in [0.5, 0.6) is 5.75 Å². The highest BCUT2D eigenvalue weighted by atomic mass is 32.1. The standard InChI is InChI=1S/C20H23NO5S/c1-12-17(13-4-6-15(25-2)7-5-13)10-18(27-12)20(24)21-11-16(26-3)8-14(21)9-19(22)23/h4-7,10,14,16H,8-9,11H2,1-3H3,(H,22,23). The Labute approximate surface area is 162 Å². The smallest absolute Gasteiger partial charge is 0.305 e. The third-order valence-electron chi connectivity index (χ3n) is 4.91. The van der Waals surface area contributed by atoms with Gasteiger partial charge in [0.15, 0.2) is 0 Å². The van der Waals surface area contributed by atoms with Crippen LogP contribution in [-0.2, 0) is 9.53 Å². The summed E-state index contributed by atoms with van der Waals surface area (Å²) >= 11 is 1.43. The van der Waals surface area contributed by atoms with Crippen LogP contribution in [0.3, 0.4) is 0 Å². The minimum absolute atomic E-state index is 0.0682. The van der Waals surface area contributed by atoms with E-state index in [9.17, 15) is 9.59 Å². The zero-order chi connectivity index (χ0) is 19.6. The van der Waals surface area contributed by atoms with Crippen LogP contribution < -0.4 is 4.74 Å². The Hall–Kier alpha value is -2.38. The van der Waals surface area contributed by atoms with Crippen LogP contribution in [0.1, 0.15) is 27.4 Å². The first kappa shape index (κ1) is 19.4. The molecule has 7 heteroatoms. The van der Waals surface area contributed by atoms with Crippen molar-refractivity contribution >= 4 is 23.2 Å². The molecule has 3 rings (SSSR count). The fraction of sp³-hybridized carbons (Fsp3) is 0.400. The third-order valence-corrected chi connectivity index (χ3v) is 5.95. The number of ether oxygens (including phenoxy) is 2. The van der Waals surface area contributed by atoms with Gasteiger partial charge in [-0.2, -0.15) is 0 Å². The summed E-state index contributed by atoms with van der Waals surface area (Å²) < 4.78 is 10.6. The summed E-state index contributed by atoms with van der Waals surface area (Å²) in [7, 11) is 3.21. The van der Waals surface area contributed by atoms with Gasteiger partial charge in [-0.15, -0.1) is 11.3 Å². The molecule has 1 saturated heterocycles. The second-order valence-electron chi connectivity index (χ2n) is 6.61. The van der Waals surface area contributed by atoms with Crippen molar-refractivity contribution in [1.29, 1.82) is 0 Å². The van der Waals surface area contributed by atoms with Gasteiger partial charge in [0.1, 0.15) is 5.75 Å². The van der Waals surface area contributed by atoms with E-state index in [1.54, 1.807) is 19.1 Å². The molecule has 1 aliphatic heterocycles. The van der Waals surface area contributed by atoms with Crippen LogP contribution in [0, 0.1) is 6.92 Å². The Morgan fingerprint density at radius 3 is 2.56 bits per heavy atom. The number of hydrogen-bond acceptors (Lipinski definition) is 5. The van der Waals surface area contributed by atoms with Gasteiger partial charge in [-0.1, -0.05) is 12.1 Å². The molecule has 0 radical (unpaired) electrons. The molecule has 2 atom stereocenters. The topological polar surface area (TPSA) is 76.1 Å². The van der Waals surface area contributed by atoms with Crippen LogP contribution in [0.25, 0.3) is 11.1 Å². The predicted octanol–water partition coefficient (Wildman–Crippen LogP) is 3.44. The quantitative estimate of drug-likeness (QED) is 0.819.